The molecule has 1 aliphatic rings. The number of likely N-dealkylation sites (tertiary alicyclic amines) is 1. The molecule has 2 amide bonds. The van der Waals surface area contributed by atoms with Crippen LogP contribution in [0.5, 0.6) is 0 Å². The van der Waals surface area contributed by atoms with Gasteiger partial charge in [0.15, 0.2) is 0 Å². The van der Waals surface area contributed by atoms with Crippen molar-refractivity contribution in [2.24, 2.45) is 5.92 Å². The van der Waals surface area contributed by atoms with E-state index in [2.05, 4.69) is 10.4 Å². The van der Waals surface area contributed by atoms with Crippen LogP contribution in [0.25, 0.3) is 0 Å². The summed E-state index contributed by atoms with van der Waals surface area (Å²) in [6.07, 6.45) is 5.75. The van der Waals surface area contributed by atoms with Gasteiger partial charge in [-0.05, 0) is 36.8 Å². The average molecular weight is 342 g/mol. The molecule has 1 fully saturated rings. The van der Waals surface area contributed by atoms with Crippen molar-refractivity contribution in [2.45, 2.75) is 31.9 Å². The minimum Gasteiger partial charge on any atom is -0.388 e. The summed E-state index contributed by atoms with van der Waals surface area (Å²) in [6, 6.07) is 11.7. The molecule has 1 aliphatic heterocycles. The molecular weight excluding hydrogens is 316 g/mol. The largest absolute Gasteiger partial charge is 0.388 e. The van der Waals surface area contributed by atoms with E-state index in [4.69, 9.17) is 0 Å². The summed E-state index contributed by atoms with van der Waals surface area (Å²) in [5.41, 5.74) is 0.962. The van der Waals surface area contributed by atoms with Crippen molar-refractivity contribution in [2.75, 3.05) is 19.6 Å². The van der Waals surface area contributed by atoms with E-state index in [1.807, 2.05) is 52.2 Å². The molecule has 0 aliphatic carbocycles. The molecule has 2 aromatic rings. The zero-order chi connectivity index (χ0) is 17.5. The summed E-state index contributed by atoms with van der Waals surface area (Å²) in [6.45, 7) is 2.84. The molecule has 25 heavy (non-hydrogen) atoms. The zero-order valence-electron chi connectivity index (χ0n) is 14.4. The second kappa shape index (κ2) is 8.67. The number of nitrogens with one attached hydrogen (secondary N) is 1. The van der Waals surface area contributed by atoms with Gasteiger partial charge in [-0.25, -0.2) is 4.79 Å². The topological polar surface area (TPSA) is 70.4 Å². The normalized spacial score (nSPS) is 16.6. The van der Waals surface area contributed by atoms with Crippen LogP contribution in [0.1, 0.15) is 30.9 Å². The molecule has 3 rings (SSSR count). The Labute approximate surface area is 148 Å². The van der Waals surface area contributed by atoms with Crippen LogP contribution in [-0.4, -0.2) is 45.5 Å². The molecule has 1 aromatic heterocycles. The predicted octanol–water partition coefficient (Wildman–Crippen LogP) is 2.43. The number of carbonyl (C=O) groups is 1. The Balaban J connectivity index is 1.37. The van der Waals surface area contributed by atoms with Crippen LogP contribution in [0.3, 0.4) is 0 Å². The first-order chi connectivity index (χ1) is 12.2. The summed E-state index contributed by atoms with van der Waals surface area (Å²) < 4.78 is 1.86. The molecule has 0 radical (unpaired) electrons. The van der Waals surface area contributed by atoms with Crippen LogP contribution in [-0.2, 0) is 6.54 Å². The maximum absolute atomic E-state index is 12.2. The minimum absolute atomic E-state index is 0.00637. The standard InChI is InChI=1S/C19H26N4O2/c24-18(16-6-2-1-3-7-16)17-8-14-22(15-9-17)19(25)20-10-4-12-23-13-5-11-21-23/h1-3,5-7,11,13,17-18,24H,4,8-10,12,14-15H2,(H,20,25). The number of amides is 2. The number of hydrogen-bond acceptors (Lipinski definition) is 3. The predicted molar refractivity (Wildman–Crippen MR) is 95.9 cm³/mol. The molecule has 1 unspecified atom stereocenters. The van der Waals surface area contributed by atoms with Crippen molar-refractivity contribution in [1.82, 2.24) is 20.0 Å². The van der Waals surface area contributed by atoms with E-state index in [-0.39, 0.29) is 11.9 Å². The molecule has 0 saturated carbocycles. The quantitative estimate of drug-likeness (QED) is 0.792. The molecule has 6 heteroatoms. The van der Waals surface area contributed by atoms with Gasteiger partial charge < -0.3 is 15.3 Å². The van der Waals surface area contributed by atoms with Gasteiger partial charge in [-0.3, -0.25) is 4.68 Å². The molecule has 6 nitrogen and oxygen atoms in total. The van der Waals surface area contributed by atoms with Crippen LogP contribution in [0.15, 0.2) is 48.8 Å². The van der Waals surface area contributed by atoms with Crippen LogP contribution in [0, 0.1) is 5.92 Å². The maximum atomic E-state index is 12.2. The number of urea groups is 1. The van der Waals surface area contributed by atoms with E-state index in [1.165, 1.54) is 0 Å². The first-order valence-corrected chi connectivity index (χ1v) is 8.97. The third-order valence-electron chi connectivity index (χ3n) is 4.81. The summed E-state index contributed by atoms with van der Waals surface area (Å²) in [7, 11) is 0. The number of hydrogen-bond donors (Lipinski definition) is 2. The van der Waals surface area contributed by atoms with Gasteiger partial charge in [-0.1, -0.05) is 30.3 Å². The lowest BCUT2D eigenvalue weighted by atomic mass is 9.87. The number of aryl methyl sites for hydroxylation is 1. The van der Waals surface area contributed by atoms with Crippen molar-refractivity contribution in [3.8, 4) is 0 Å². The van der Waals surface area contributed by atoms with Crippen molar-refractivity contribution in [3.63, 3.8) is 0 Å². The summed E-state index contributed by atoms with van der Waals surface area (Å²) >= 11 is 0. The molecule has 2 heterocycles. The van der Waals surface area contributed by atoms with E-state index in [0.29, 0.717) is 19.6 Å². The number of nitrogens with zero attached hydrogens (tertiary/aromatic N) is 3. The van der Waals surface area contributed by atoms with Crippen LogP contribution < -0.4 is 5.32 Å². The van der Waals surface area contributed by atoms with E-state index < -0.39 is 6.10 Å². The van der Waals surface area contributed by atoms with E-state index in [0.717, 1.165) is 31.4 Å². The molecule has 1 atom stereocenters. The number of carbonyl (C=O) groups excluding carboxylic acids is 1. The smallest absolute Gasteiger partial charge is 0.317 e. The number of aliphatic hydroxyl groups is 1. The number of piperidine rings is 1. The highest BCUT2D eigenvalue weighted by atomic mass is 16.3. The number of aromatic nitrogens is 2. The monoisotopic (exact) mass is 342 g/mol. The van der Waals surface area contributed by atoms with Gasteiger partial charge in [0.2, 0.25) is 0 Å². The fourth-order valence-corrected chi connectivity index (χ4v) is 3.32. The van der Waals surface area contributed by atoms with Gasteiger partial charge in [0.1, 0.15) is 0 Å². The lowest BCUT2D eigenvalue weighted by Crippen LogP contribution is -2.45. The molecule has 0 bridgehead atoms. The van der Waals surface area contributed by atoms with Crippen LogP contribution >= 0.6 is 0 Å². The SMILES string of the molecule is O=C(NCCCn1cccn1)N1CCC(C(O)c2ccccc2)CC1. The lowest BCUT2D eigenvalue weighted by Gasteiger charge is -2.34. The second-order valence-electron chi connectivity index (χ2n) is 6.53. The maximum Gasteiger partial charge on any atom is 0.317 e. The molecule has 1 saturated heterocycles. The summed E-state index contributed by atoms with van der Waals surface area (Å²) in [4.78, 5) is 14.1. The Hall–Kier alpha value is -2.34. The lowest BCUT2D eigenvalue weighted by molar-refractivity contribution is 0.0665. The average Bonchev–Trinajstić information content (AvgIpc) is 3.19. The fourth-order valence-electron chi connectivity index (χ4n) is 3.32. The second-order valence-corrected chi connectivity index (χ2v) is 6.53. The highest BCUT2D eigenvalue weighted by molar-refractivity contribution is 5.74. The van der Waals surface area contributed by atoms with Gasteiger partial charge >= 0.3 is 6.03 Å². The Morgan fingerprint density at radius 1 is 1.24 bits per heavy atom. The molecule has 2 N–H and O–H groups in total. The van der Waals surface area contributed by atoms with Gasteiger partial charge in [0.05, 0.1) is 6.10 Å². The molecule has 1 aromatic carbocycles. The first-order valence-electron chi connectivity index (χ1n) is 8.97. The third-order valence-corrected chi connectivity index (χ3v) is 4.81. The Kier molecular flexibility index (Phi) is 6.06. The van der Waals surface area contributed by atoms with Crippen molar-refractivity contribution in [1.29, 1.82) is 0 Å². The van der Waals surface area contributed by atoms with Crippen LogP contribution in [0.4, 0.5) is 4.79 Å². The minimum atomic E-state index is -0.444. The summed E-state index contributed by atoms with van der Waals surface area (Å²) in [5.74, 6) is 0.214. The molecule has 134 valence electrons. The highest BCUT2D eigenvalue weighted by Crippen LogP contribution is 2.30. The van der Waals surface area contributed by atoms with Gasteiger partial charge in [0, 0.05) is 38.6 Å². The Bertz CT molecular complexity index is 637. The Morgan fingerprint density at radius 2 is 2.00 bits per heavy atom. The Morgan fingerprint density at radius 3 is 2.68 bits per heavy atom. The first kappa shape index (κ1) is 17.5. The van der Waals surface area contributed by atoms with Crippen LogP contribution in [0.2, 0.25) is 0 Å². The van der Waals surface area contributed by atoms with Crippen molar-refractivity contribution < 1.29 is 9.90 Å². The van der Waals surface area contributed by atoms with Gasteiger partial charge in [0.25, 0.3) is 0 Å². The third kappa shape index (κ3) is 4.82. The number of rotatable bonds is 6. The van der Waals surface area contributed by atoms with Gasteiger partial charge in [-0.15, -0.1) is 0 Å². The van der Waals surface area contributed by atoms with Crippen molar-refractivity contribution in [3.05, 3.63) is 54.4 Å². The van der Waals surface area contributed by atoms with E-state index in [9.17, 15) is 9.90 Å². The molecular formula is C19H26N4O2. The zero-order valence-corrected chi connectivity index (χ0v) is 14.4. The van der Waals surface area contributed by atoms with E-state index >= 15 is 0 Å². The van der Waals surface area contributed by atoms with Gasteiger partial charge in [-0.2, -0.15) is 5.10 Å². The fraction of sp³-hybridized carbons (Fsp3) is 0.474. The summed E-state index contributed by atoms with van der Waals surface area (Å²) in [5, 5.41) is 17.6. The van der Waals surface area contributed by atoms with E-state index in [1.54, 1.807) is 6.20 Å². The number of benzene rings is 1. The highest BCUT2D eigenvalue weighted by Gasteiger charge is 2.28. The van der Waals surface area contributed by atoms with Crippen molar-refractivity contribution >= 4 is 6.03 Å². The number of aliphatic hydroxyl groups excluding tert-OH is 1. The molecule has 0 spiro atoms.